The molecule has 13 heteroatoms. The van der Waals surface area contributed by atoms with Gasteiger partial charge in [0, 0.05) is 24.5 Å². The molecule has 2 heterocycles. The van der Waals surface area contributed by atoms with Crippen LogP contribution in [-0.4, -0.2) is 16.3 Å². The Hall–Kier alpha value is -4.70. The lowest BCUT2D eigenvalue weighted by Crippen LogP contribution is -2.35. The minimum atomic E-state index is -4.84. The van der Waals surface area contributed by atoms with Crippen LogP contribution < -0.4 is 25.4 Å². The zero-order valence-electron chi connectivity index (χ0n) is 20.9. The fraction of sp³-hybridized carbons (Fsp3) is 0. The molecule has 0 aliphatic heterocycles. The van der Waals surface area contributed by atoms with Crippen LogP contribution in [0.1, 0.15) is 0 Å². The van der Waals surface area contributed by atoms with Gasteiger partial charge in [0.25, 0.3) is 0 Å². The molecule has 4 nitrogen and oxygen atoms in total. The van der Waals surface area contributed by atoms with Gasteiger partial charge in [0.1, 0.15) is 0 Å². The Morgan fingerprint density at radius 3 is 1.17 bits per heavy atom. The van der Waals surface area contributed by atoms with E-state index in [1.54, 1.807) is 0 Å². The van der Waals surface area contributed by atoms with Crippen LogP contribution in [0.5, 0.6) is 23.3 Å². The average Bonchev–Trinajstić information content (AvgIpc) is 3.01. The first kappa shape index (κ1) is 28.8. The summed E-state index contributed by atoms with van der Waals surface area (Å²) in [6.07, 6.45) is 5.93. The molecular formula is C29H15F8N2O2P. The first-order valence-corrected chi connectivity index (χ1v) is 13.7. The Balaban J connectivity index is 1.80. The largest absolute Gasteiger partial charge is 0.433 e. The maximum absolute atomic E-state index is 15.7. The fourth-order valence-electron chi connectivity index (χ4n) is 4.13. The highest BCUT2D eigenvalue weighted by atomic mass is 31.2. The smallest absolute Gasteiger partial charge is 0.219 e. The molecule has 3 aromatic carbocycles. The van der Waals surface area contributed by atoms with Crippen molar-refractivity contribution in [2.75, 3.05) is 0 Å². The van der Waals surface area contributed by atoms with Gasteiger partial charge in [0.05, 0.1) is 10.6 Å². The second kappa shape index (κ2) is 11.3. The van der Waals surface area contributed by atoms with Crippen molar-refractivity contribution in [3.8, 4) is 23.3 Å². The minimum Gasteiger partial charge on any atom is -0.433 e. The van der Waals surface area contributed by atoms with E-state index in [2.05, 4.69) is 16.3 Å². The first-order chi connectivity index (χ1) is 20.1. The zero-order chi connectivity index (χ0) is 30.2. The molecule has 0 radical (unpaired) electrons. The van der Waals surface area contributed by atoms with Gasteiger partial charge >= 0.3 is 0 Å². The van der Waals surface area contributed by atoms with Crippen molar-refractivity contribution in [2.45, 2.75) is 0 Å². The van der Waals surface area contributed by atoms with E-state index in [0.29, 0.717) is 0 Å². The number of halogens is 8. The minimum absolute atomic E-state index is 0.380. The van der Waals surface area contributed by atoms with E-state index in [0.717, 1.165) is 24.3 Å². The summed E-state index contributed by atoms with van der Waals surface area (Å²) in [6.45, 7) is -4.84. The molecule has 0 aliphatic rings. The van der Waals surface area contributed by atoms with Crippen LogP contribution in [-0.2, 0) is 0 Å². The second-order valence-electron chi connectivity index (χ2n) is 8.55. The molecule has 0 saturated carbocycles. The lowest BCUT2D eigenvalue weighted by molar-refractivity contribution is 0.361. The van der Waals surface area contributed by atoms with Crippen LogP contribution in [0.2, 0.25) is 0 Å². The molecule has 5 aromatic rings. The van der Waals surface area contributed by atoms with Crippen LogP contribution in [0.3, 0.4) is 0 Å². The van der Waals surface area contributed by atoms with Crippen LogP contribution in [0, 0.1) is 46.5 Å². The van der Waals surface area contributed by atoms with Crippen molar-refractivity contribution in [3.05, 3.63) is 126 Å². The van der Waals surface area contributed by atoms with Gasteiger partial charge in [-0.2, -0.15) is 17.6 Å². The van der Waals surface area contributed by atoms with Gasteiger partial charge < -0.3 is 9.47 Å². The molecule has 0 unspecified atom stereocenters. The van der Waals surface area contributed by atoms with E-state index in [1.807, 2.05) is 0 Å². The number of ether oxygens (including phenoxy) is 2. The zero-order valence-corrected chi connectivity index (χ0v) is 21.8. The average molecular weight is 606 g/mol. The van der Waals surface area contributed by atoms with E-state index in [9.17, 15) is 0 Å². The number of hydrogen-bond donors (Lipinski definition) is 0. The van der Waals surface area contributed by atoms with Crippen LogP contribution >= 0.6 is 6.89 Å². The highest BCUT2D eigenvalue weighted by Crippen LogP contribution is 2.48. The summed E-state index contributed by atoms with van der Waals surface area (Å²) in [7, 11) is 0. The molecule has 0 saturated heterocycles. The van der Waals surface area contributed by atoms with E-state index < -0.39 is 87.3 Å². The molecule has 0 amide bonds. The summed E-state index contributed by atoms with van der Waals surface area (Å²) in [4.78, 5) is 7.32. The van der Waals surface area contributed by atoms with Gasteiger partial charge in [-0.25, -0.2) is 27.5 Å². The number of aromatic nitrogens is 2. The van der Waals surface area contributed by atoms with E-state index in [1.165, 1.54) is 54.9 Å². The molecule has 0 fully saturated rings. The number of nitrogens with zero attached hydrogens (tertiary/aromatic N) is 2. The molecule has 42 heavy (non-hydrogen) atoms. The summed E-state index contributed by atoms with van der Waals surface area (Å²) in [5, 5.41) is -3.56. The highest BCUT2D eigenvalue weighted by molar-refractivity contribution is 7.93. The third-order valence-electron chi connectivity index (χ3n) is 6.05. The summed E-state index contributed by atoms with van der Waals surface area (Å²) in [5.74, 6) is -21.0. The van der Waals surface area contributed by atoms with Crippen LogP contribution in [0.25, 0.3) is 0 Å². The Bertz CT molecular complexity index is 1670. The predicted octanol–water partition coefficient (Wildman–Crippen LogP) is 6.90. The fourth-order valence-corrected chi connectivity index (χ4v) is 7.28. The molecule has 0 N–H and O–H groups in total. The van der Waals surface area contributed by atoms with Crippen LogP contribution in [0.15, 0.2) is 79.1 Å². The van der Waals surface area contributed by atoms with Gasteiger partial charge in [-0.1, -0.05) is 48.8 Å². The van der Waals surface area contributed by atoms with E-state index >= 15 is 35.1 Å². The molecule has 214 valence electrons. The molecule has 0 atom stereocenters. The summed E-state index contributed by atoms with van der Waals surface area (Å²) < 4.78 is 134. The highest BCUT2D eigenvalue weighted by Gasteiger charge is 2.42. The molecule has 2 aromatic heterocycles. The first-order valence-electron chi connectivity index (χ1n) is 11.8. The SMILES string of the molecule is C=P(c1ccccc1)(c1c(F)c(F)c(Oc2ccccn2)c(F)c1F)c1c(F)c(F)c(Oc2ccccn2)c(F)c1F. The summed E-state index contributed by atoms with van der Waals surface area (Å²) >= 11 is 0. The van der Waals surface area contributed by atoms with Gasteiger partial charge in [0.2, 0.25) is 46.5 Å². The maximum atomic E-state index is 15.7. The Morgan fingerprint density at radius 1 is 0.476 bits per heavy atom. The van der Waals surface area contributed by atoms with Gasteiger partial charge in [-0.15, -0.1) is 0 Å². The number of hydrogen-bond acceptors (Lipinski definition) is 4. The maximum Gasteiger partial charge on any atom is 0.219 e. The number of pyridine rings is 2. The topological polar surface area (TPSA) is 44.2 Å². The number of benzene rings is 3. The van der Waals surface area contributed by atoms with E-state index in [4.69, 9.17) is 9.47 Å². The molecule has 0 aliphatic carbocycles. The normalized spacial score (nSPS) is 11.4. The third kappa shape index (κ3) is 4.77. The molecule has 5 rings (SSSR count). The van der Waals surface area contributed by atoms with Crippen molar-refractivity contribution >= 4 is 29.1 Å². The monoisotopic (exact) mass is 606 g/mol. The molecule has 0 spiro atoms. The Morgan fingerprint density at radius 2 is 0.833 bits per heavy atom. The summed E-state index contributed by atoms with van der Waals surface area (Å²) in [6, 6.07) is 13.9. The second-order valence-corrected chi connectivity index (χ2v) is 11.6. The third-order valence-corrected chi connectivity index (χ3v) is 9.54. The van der Waals surface area contributed by atoms with Crippen molar-refractivity contribution < 1.29 is 44.6 Å². The molecular weight excluding hydrogens is 591 g/mol. The van der Waals surface area contributed by atoms with Crippen LogP contribution in [0.4, 0.5) is 35.1 Å². The standard InChI is InChI=1S/C29H15F8N2O2P/c1-42(15-9-3-2-4-10-15,28-22(34)18(30)26(19(31)23(28)35)40-16-11-5-7-13-38-16)29-24(36)20(32)27(21(33)25(29)37)41-17-12-6-8-14-39-17/h2-14H,1H2. The Labute approximate surface area is 232 Å². The number of rotatable bonds is 7. The molecule has 0 bridgehead atoms. The quantitative estimate of drug-likeness (QED) is 0.115. The summed E-state index contributed by atoms with van der Waals surface area (Å²) in [5.41, 5.74) is 0. The van der Waals surface area contributed by atoms with Gasteiger partial charge in [-0.05, 0) is 24.3 Å². The van der Waals surface area contributed by atoms with Crippen molar-refractivity contribution in [2.24, 2.45) is 0 Å². The van der Waals surface area contributed by atoms with Crippen molar-refractivity contribution in [1.82, 2.24) is 9.97 Å². The lowest BCUT2D eigenvalue weighted by atomic mass is 10.2. The van der Waals surface area contributed by atoms with E-state index in [-0.39, 0.29) is 5.30 Å². The lowest BCUT2D eigenvalue weighted by Gasteiger charge is -2.29. The van der Waals surface area contributed by atoms with Crippen molar-refractivity contribution in [1.29, 1.82) is 0 Å². The Kier molecular flexibility index (Phi) is 7.74. The van der Waals surface area contributed by atoms with Gasteiger partial charge in [0.15, 0.2) is 23.3 Å². The predicted molar refractivity (Wildman–Crippen MR) is 141 cm³/mol. The van der Waals surface area contributed by atoms with Gasteiger partial charge in [-0.3, -0.25) is 0 Å². The van der Waals surface area contributed by atoms with Crippen molar-refractivity contribution in [3.63, 3.8) is 0 Å².